The van der Waals surface area contributed by atoms with Crippen LogP contribution < -0.4 is 0 Å². The first-order valence-electron chi connectivity index (χ1n) is 8.30. The molecule has 0 bridgehead atoms. The number of carbonyl (C=O) groups excluding carboxylic acids is 1. The van der Waals surface area contributed by atoms with Gasteiger partial charge >= 0.3 is 6.18 Å². The molecule has 4 nitrogen and oxygen atoms in total. The van der Waals surface area contributed by atoms with E-state index < -0.39 is 29.6 Å². The van der Waals surface area contributed by atoms with Crippen molar-refractivity contribution < 1.29 is 22.4 Å². The second kappa shape index (κ2) is 6.41. The van der Waals surface area contributed by atoms with Crippen molar-refractivity contribution in [3.05, 3.63) is 52.6 Å². The van der Waals surface area contributed by atoms with Gasteiger partial charge in [0.2, 0.25) is 5.95 Å². The number of amides is 1. The topological polar surface area (TPSA) is 38.1 Å². The molecule has 1 heterocycles. The molecule has 1 unspecified atom stereocenters. The first-order chi connectivity index (χ1) is 12.1. The fourth-order valence-corrected chi connectivity index (χ4v) is 3.15. The Hall–Kier alpha value is -2.38. The molecule has 140 valence electrons. The Kier molecular flexibility index (Phi) is 4.54. The summed E-state index contributed by atoms with van der Waals surface area (Å²) < 4.78 is 54.3. The number of hydrogen-bond donors (Lipinski definition) is 0. The van der Waals surface area contributed by atoms with E-state index in [2.05, 4.69) is 5.10 Å². The number of halogens is 4. The van der Waals surface area contributed by atoms with Crippen molar-refractivity contribution in [2.24, 2.45) is 7.05 Å². The van der Waals surface area contributed by atoms with Gasteiger partial charge in [0.15, 0.2) is 0 Å². The van der Waals surface area contributed by atoms with Crippen molar-refractivity contribution in [3.8, 4) is 0 Å². The Morgan fingerprint density at radius 2 is 2.00 bits per heavy atom. The predicted molar refractivity (Wildman–Crippen MR) is 87.0 cm³/mol. The van der Waals surface area contributed by atoms with Gasteiger partial charge < -0.3 is 4.90 Å². The van der Waals surface area contributed by atoms with Crippen LogP contribution in [0.1, 0.15) is 53.0 Å². The van der Waals surface area contributed by atoms with Crippen LogP contribution in [0.2, 0.25) is 0 Å². The lowest BCUT2D eigenvalue weighted by Crippen LogP contribution is -2.36. The highest BCUT2D eigenvalue weighted by Crippen LogP contribution is 2.38. The van der Waals surface area contributed by atoms with Gasteiger partial charge in [0, 0.05) is 13.1 Å². The van der Waals surface area contributed by atoms with Crippen molar-refractivity contribution in [1.82, 2.24) is 14.7 Å². The summed E-state index contributed by atoms with van der Waals surface area (Å²) in [6, 6.07) is 4.18. The normalized spacial score (nSPS) is 15.8. The van der Waals surface area contributed by atoms with Gasteiger partial charge in [-0.25, -0.2) is 4.68 Å². The smallest absolute Gasteiger partial charge is 0.329 e. The molecule has 0 radical (unpaired) electrons. The number of carbonyl (C=O) groups is 1. The van der Waals surface area contributed by atoms with Crippen LogP contribution in [0.25, 0.3) is 0 Å². The lowest BCUT2D eigenvalue weighted by atomic mass is 10.0. The predicted octanol–water partition coefficient (Wildman–Crippen LogP) is 4.25. The molecule has 0 spiro atoms. The van der Waals surface area contributed by atoms with Gasteiger partial charge in [0.1, 0.15) is 5.56 Å². The minimum atomic E-state index is -4.46. The average Bonchev–Trinajstić information content (AvgIpc) is 3.35. The molecule has 0 aliphatic heterocycles. The molecule has 3 rings (SSSR count). The molecular weight excluding hydrogens is 350 g/mol. The summed E-state index contributed by atoms with van der Waals surface area (Å²) in [5.41, 5.74) is -0.272. The van der Waals surface area contributed by atoms with Crippen LogP contribution in [0, 0.1) is 12.9 Å². The highest BCUT2D eigenvalue weighted by atomic mass is 19.4. The first-order valence-corrected chi connectivity index (χ1v) is 8.30. The maximum absolute atomic E-state index is 14.3. The Morgan fingerprint density at radius 3 is 2.50 bits per heavy atom. The van der Waals surface area contributed by atoms with Crippen LogP contribution in [0.5, 0.6) is 0 Å². The van der Waals surface area contributed by atoms with Crippen LogP contribution in [0.4, 0.5) is 17.6 Å². The molecule has 8 heteroatoms. The number of aryl methyl sites for hydroxylation is 2. The quantitative estimate of drug-likeness (QED) is 0.756. The van der Waals surface area contributed by atoms with Crippen LogP contribution in [0.15, 0.2) is 24.3 Å². The third-order valence-corrected chi connectivity index (χ3v) is 4.65. The number of aromatic nitrogens is 2. The van der Waals surface area contributed by atoms with Crippen LogP contribution >= 0.6 is 0 Å². The maximum Gasteiger partial charge on any atom is 0.416 e. The summed E-state index contributed by atoms with van der Waals surface area (Å²) in [6.07, 6.45) is -2.97. The lowest BCUT2D eigenvalue weighted by molar-refractivity contribution is -0.137. The summed E-state index contributed by atoms with van der Waals surface area (Å²) in [6.45, 7) is 3.20. The maximum atomic E-state index is 14.3. The van der Waals surface area contributed by atoms with Gasteiger partial charge in [-0.2, -0.15) is 22.7 Å². The van der Waals surface area contributed by atoms with E-state index in [9.17, 15) is 22.4 Å². The van der Waals surface area contributed by atoms with Crippen LogP contribution in [0.3, 0.4) is 0 Å². The van der Waals surface area contributed by atoms with Gasteiger partial charge in [-0.05, 0) is 44.4 Å². The lowest BCUT2D eigenvalue weighted by Gasteiger charge is -2.30. The van der Waals surface area contributed by atoms with Crippen molar-refractivity contribution in [2.45, 2.75) is 44.9 Å². The molecule has 2 aromatic rings. The molecule has 0 saturated heterocycles. The minimum Gasteiger partial charge on any atom is -0.329 e. The molecule has 1 fully saturated rings. The third-order valence-electron chi connectivity index (χ3n) is 4.65. The fourth-order valence-electron chi connectivity index (χ4n) is 3.15. The molecule has 1 amide bonds. The average molecular weight is 369 g/mol. The summed E-state index contributed by atoms with van der Waals surface area (Å²) in [4.78, 5) is 14.5. The van der Waals surface area contributed by atoms with Crippen molar-refractivity contribution in [2.75, 3.05) is 0 Å². The monoisotopic (exact) mass is 369 g/mol. The van der Waals surface area contributed by atoms with E-state index in [-0.39, 0.29) is 17.3 Å². The van der Waals surface area contributed by atoms with Crippen molar-refractivity contribution in [3.63, 3.8) is 0 Å². The molecular formula is C18H19F4N3O. The molecule has 1 atom stereocenters. The Morgan fingerprint density at radius 1 is 1.35 bits per heavy atom. The fraction of sp³-hybridized carbons (Fsp3) is 0.444. The Bertz CT molecular complexity index is 839. The standard InChI is InChI=1S/C18H19F4N3O/c1-10-15(16(19)24(3)23-10)17(26)25(14-7-8-14)11(2)12-5-4-6-13(9-12)18(20,21)22/h4-6,9,11,14H,7-8H2,1-3H3. The zero-order chi connectivity index (χ0) is 19.2. The van der Waals surface area contributed by atoms with Crippen molar-refractivity contribution >= 4 is 5.91 Å². The highest BCUT2D eigenvalue weighted by molar-refractivity contribution is 5.96. The summed E-state index contributed by atoms with van der Waals surface area (Å²) >= 11 is 0. The zero-order valence-electron chi connectivity index (χ0n) is 14.6. The van der Waals surface area contributed by atoms with E-state index in [0.29, 0.717) is 5.56 Å². The van der Waals surface area contributed by atoms with E-state index >= 15 is 0 Å². The molecule has 26 heavy (non-hydrogen) atoms. The second-order valence-corrected chi connectivity index (χ2v) is 6.62. The van der Waals surface area contributed by atoms with E-state index in [4.69, 9.17) is 0 Å². The van der Waals surface area contributed by atoms with Gasteiger partial charge in [-0.15, -0.1) is 0 Å². The van der Waals surface area contributed by atoms with Crippen molar-refractivity contribution in [1.29, 1.82) is 0 Å². The molecule has 1 aliphatic rings. The van der Waals surface area contributed by atoms with Gasteiger partial charge in [0.25, 0.3) is 5.91 Å². The van der Waals surface area contributed by atoms with Crippen LogP contribution in [-0.4, -0.2) is 26.6 Å². The molecule has 1 aromatic carbocycles. The summed E-state index contributed by atoms with van der Waals surface area (Å²) in [7, 11) is 1.40. The van der Waals surface area contributed by atoms with Crippen LogP contribution in [-0.2, 0) is 13.2 Å². The Balaban J connectivity index is 1.97. The third kappa shape index (κ3) is 3.32. The number of alkyl halides is 3. The van der Waals surface area contributed by atoms with Gasteiger partial charge in [-0.1, -0.05) is 12.1 Å². The molecule has 1 saturated carbocycles. The van der Waals surface area contributed by atoms with E-state index in [0.717, 1.165) is 29.7 Å². The summed E-state index contributed by atoms with van der Waals surface area (Å²) in [5, 5.41) is 3.92. The zero-order valence-corrected chi connectivity index (χ0v) is 14.6. The largest absolute Gasteiger partial charge is 0.416 e. The number of hydrogen-bond acceptors (Lipinski definition) is 2. The summed E-state index contributed by atoms with van der Waals surface area (Å²) in [5.74, 6) is -1.28. The highest BCUT2D eigenvalue weighted by Gasteiger charge is 2.39. The van der Waals surface area contributed by atoms with E-state index in [1.807, 2.05) is 0 Å². The number of benzene rings is 1. The number of rotatable bonds is 4. The number of nitrogens with zero attached hydrogens (tertiary/aromatic N) is 3. The minimum absolute atomic E-state index is 0.106. The first kappa shape index (κ1) is 18.4. The van der Waals surface area contributed by atoms with Gasteiger partial charge in [-0.3, -0.25) is 4.79 Å². The van der Waals surface area contributed by atoms with E-state index in [1.165, 1.54) is 24.9 Å². The van der Waals surface area contributed by atoms with Gasteiger partial charge in [0.05, 0.1) is 17.3 Å². The second-order valence-electron chi connectivity index (χ2n) is 6.62. The molecule has 0 N–H and O–H groups in total. The molecule has 1 aliphatic carbocycles. The Labute approximate surface area is 148 Å². The SMILES string of the molecule is Cc1nn(C)c(F)c1C(=O)N(C1CC1)C(C)c1cccc(C(F)(F)F)c1. The van der Waals surface area contributed by atoms with E-state index in [1.54, 1.807) is 13.0 Å². The molecule has 1 aromatic heterocycles.